The quantitative estimate of drug-likeness (QED) is 0.519. The molecular weight excluding hydrogens is 332 g/mol. The van der Waals surface area contributed by atoms with Crippen LogP contribution in [0.5, 0.6) is 11.5 Å². The van der Waals surface area contributed by atoms with Gasteiger partial charge in [-0.1, -0.05) is 17.7 Å². The number of fused-ring (bicyclic) bond motifs is 1. The Morgan fingerprint density at radius 3 is 2.79 bits per heavy atom. The zero-order valence-electron chi connectivity index (χ0n) is 12.7. The van der Waals surface area contributed by atoms with Gasteiger partial charge in [-0.3, -0.25) is 4.79 Å². The van der Waals surface area contributed by atoms with E-state index < -0.39 is 5.63 Å². The van der Waals surface area contributed by atoms with Crippen molar-refractivity contribution in [1.29, 1.82) is 0 Å². The second-order valence-electron chi connectivity index (χ2n) is 5.02. The second kappa shape index (κ2) is 6.76. The van der Waals surface area contributed by atoms with E-state index in [-0.39, 0.29) is 6.61 Å². The van der Waals surface area contributed by atoms with Gasteiger partial charge < -0.3 is 13.9 Å². The number of hydrogen-bond acceptors (Lipinski definition) is 5. The molecule has 0 aliphatic heterocycles. The van der Waals surface area contributed by atoms with E-state index in [2.05, 4.69) is 0 Å². The van der Waals surface area contributed by atoms with E-state index in [4.69, 9.17) is 25.5 Å². The summed E-state index contributed by atoms with van der Waals surface area (Å²) in [6.07, 6.45) is 0.687. The Labute approximate surface area is 142 Å². The fraction of sp³-hybridized carbons (Fsp3) is 0.111. The van der Waals surface area contributed by atoms with E-state index in [0.29, 0.717) is 44.9 Å². The molecule has 0 radical (unpaired) electrons. The highest BCUT2D eigenvalue weighted by atomic mass is 35.5. The van der Waals surface area contributed by atoms with Crippen molar-refractivity contribution < 1.29 is 18.7 Å². The highest BCUT2D eigenvalue weighted by Crippen LogP contribution is 2.31. The van der Waals surface area contributed by atoms with E-state index in [9.17, 15) is 9.59 Å². The Balaban J connectivity index is 2.01. The first-order valence-corrected chi connectivity index (χ1v) is 7.47. The van der Waals surface area contributed by atoms with Gasteiger partial charge in [-0.05, 0) is 30.3 Å². The summed E-state index contributed by atoms with van der Waals surface area (Å²) in [6, 6.07) is 11.3. The molecule has 122 valence electrons. The summed E-state index contributed by atoms with van der Waals surface area (Å²) >= 11 is 6.02. The molecule has 0 unspecified atom stereocenters. The van der Waals surface area contributed by atoms with Crippen LogP contribution in [0.3, 0.4) is 0 Å². The first-order valence-electron chi connectivity index (χ1n) is 7.09. The number of hydrogen-bond donors (Lipinski definition) is 0. The summed E-state index contributed by atoms with van der Waals surface area (Å²) in [6.45, 7) is 0.0592. The Kier molecular flexibility index (Phi) is 4.53. The van der Waals surface area contributed by atoms with E-state index in [1.165, 1.54) is 13.2 Å². The molecule has 0 aliphatic rings. The summed E-state index contributed by atoms with van der Waals surface area (Å²) in [5, 5.41) is 1.19. The minimum absolute atomic E-state index is 0.0592. The smallest absolute Gasteiger partial charge is 0.336 e. The fourth-order valence-electron chi connectivity index (χ4n) is 2.41. The molecule has 5 nitrogen and oxygen atoms in total. The minimum Gasteiger partial charge on any atom is -0.493 e. The molecule has 0 saturated heterocycles. The van der Waals surface area contributed by atoms with Crippen LogP contribution in [0.25, 0.3) is 11.0 Å². The maximum absolute atomic E-state index is 11.7. The Bertz CT molecular complexity index is 961. The average molecular weight is 345 g/mol. The third-order valence-corrected chi connectivity index (χ3v) is 3.75. The number of ether oxygens (including phenoxy) is 2. The SMILES string of the molecule is COc1cccc(C=O)c1OCc1cc(=O)oc2ccc(Cl)cc12. The van der Waals surface area contributed by atoms with Crippen LogP contribution in [-0.2, 0) is 6.61 Å². The topological polar surface area (TPSA) is 65.7 Å². The van der Waals surface area contributed by atoms with Crippen LogP contribution in [0.4, 0.5) is 0 Å². The highest BCUT2D eigenvalue weighted by Gasteiger charge is 2.12. The number of carbonyl (C=O) groups is 1. The lowest BCUT2D eigenvalue weighted by Gasteiger charge is -2.13. The van der Waals surface area contributed by atoms with E-state index in [1.807, 2.05) is 0 Å². The molecule has 3 rings (SSSR count). The molecule has 0 aliphatic carbocycles. The third kappa shape index (κ3) is 3.12. The molecule has 1 aromatic heterocycles. The molecule has 3 aromatic rings. The summed E-state index contributed by atoms with van der Waals surface area (Å²) in [7, 11) is 1.49. The fourth-order valence-corrected chi connectivity index (χ4v) is 2.58. The van der Waals surface area contributed by atoms with Crippen LogP contribution in [-0.4, -0.2) is 13.4 Å². The number of benzene rings is 2. The van der Waals surface area contributed by atoms with Crippen molar-refractivity contribution in [2.24, 2.45) is 0 Å². The van der Waals surface area contributed by atoms with Gasteiger partial charge >= 0.3 is 5.63 Å². The van der Waals surface area contributed by atoms with Crippen molar-refractivity contribution in [2.75, 3.05) is 7.11 Å². The van der Waals surface area contributed by atoms with Gasteiger partial charge in [0.25, 0.3) is 0 Å². The Morgan fingerprint density at radius 1 is 1.21 bits per heavy atom. The predicted molar refractivity (Wildman–Crippen MR) is 90.2 cm³/mol. The first kappa shape index (κ1) is 16.1. The van der Waals surface area contributed by atoms with Crippen molar-refractivity contribution in [3.63, 3.8) is 0 Å². The minimum atomic E-state index is -0.487. The molecule has 0 bridgehead atoms. The van der Waals surface area contributed by atoms with Gasteiger partial charge in [0.15, 0.2) is 17.8 Å². The van der Waals surface area contributed by atoms with Gasteiger partial charge in [0.05, 0.1) is 12.7 Å². The Morgan fingerprint density at radius 2 is 2.04 bits per heavy atom. The average Bonchev–Trinajstić information content (AvgIpc) is 2.59. The highest BCUT2D eigenvalue weighted by molar-refractivity contribution is 6.31. The number of halogens is 1. The largest absolute Gasteiger partial charge is 0.493 e. The van der Waals surface area contributed by atoms with E-state index in [0.717, 1.165) is 0 Å². The normalized spacial score (nSPS) is 10.6. The third-order valence-electron chi connectivity index (χ3n) is 3.52. The zero-order chi connectivity index (χ0) is 17.1. The van der Waals surface area contributed by atoms with Crippen LogP contribution < -0.4 is 15.1 Å². The van der Waals surface area contributed by atoms with Crippen LogP contribution in [0.2, 0.25) is 5.02 Å². The molecule has 0 saturated carbocycles. The monoisotopic (exact) mass is 344 g/mol. The molecule has 0 atom stereocenters. The van der Waals surface area contributed by atoms with Gasteiger partial charge in [0, 0.05) is 22.0 Å². The van der Waals surface area contributed by atoms with Crippen LogP contribution >= 0.6 is 11.6 Å². The van der Waals surface area contributed by atoms with Gasteiger partial charge in [-0.2, -0.15) is 0 Å². The maximum atomic E-state index is 11.7. The molecule has 0 spiro atoms. The standard InChI is InChI=1S/C18H13ClO5/c1-22-16-4-2-3-11(9-20)18(16)23-10-12-7-17(21)24-15-6-5-13(19)8-14(12)15/h2-9H,10H2,1H3. The second-order valence-corrected chi connectivity index (χ2v) is 5.45. The van der Waals surface area contributed by atoms with Gasteiger partial charge in [-0.25, -0.2) is 4.79 Å². The van der Waals surface area contributed by atoms with Crippen molar-refractivity contribution in [2.45, 2.75) is 6.61 Å². The molecule has 24 heavy (non-hydrogen) atoms. The van der Waals surface area contributed by atoms with Gasteiger partial charge in [-0.15, -0.1) is 0 Å². The lowest BCUT2D eigenvalue weighted by atomic mass is 10.1. The van der Waals surface area contributed by atoms with Crippen LogP contribution in [0.1, 0.15) is 15.9 Å². The molecule has 0 fully saturated rings. The predicted octanol–water partition coefficient (Wildman–Crippen LogP) is 3.85. The molecule has 0 amide bonds. The molecule has 2 aromatic carbocycles. The zero-order valence-corrected chi connectivity index (χ0v) is 13.5. The molecule has 1 heterocycles. The van der Waals surface area contributed by atoms with Gasteiger partial charge in [0.2, 0.25) is 0 Å². The number of aldehydes is 1. The van der Waals surface area contributed by atoms with Crippen molar-refractivity contribution >= 4 is 28.9 Å². The molecule has 0 N–H and O–H groups in total. The maximum Gasteiger partial charge on any atom is 0.336 e. The molecular formula is C18H13ClO5. The van der Waals surface area contributed by atoms with E-state index >= 15 is 0 Å². The number of methoxy groups -OCH3 is 1. The van der Waals surface area contributed by atoms with Crippen LogP contribution in [0.15, 0.2) is 51.7 Å². The van der Waals surface area contributed by atoms with Crippen LogP contribution in [0, 0.1) is 0 Å². The summed E-state index contributed by atoms with van der Waals surface area (Å²) < 4.78 is 16.1. The first-order chi connectivity index (χ1) is 11.6. The lowest BCUT2D eigenvalue weighted by Crippen LogP contribution is -2.05. The summed E-state index contributed by atoms with van der Waals surface area (Å²) in [5.74, 6) is 0.753. The number of carbonyl (C=O) groups excluding carboxylic acids is 1. The molecule has 6 heteroatoms. The van der Waals surface area contributed by atoms with E-state index in [1.54, 1.807) is 36.4 Å². The van der Waals surface area contributed by atoms with Gasteiger partial charge in [0.1, 0.15) is 12.2 Å². The number of rotatable bonds is 5. The lowest BCUT2D eigenvalue weighted by molar-refractivity contribution is 0.111. The summed E-state index contributed by atoms with van der Waals surface area (Å²) in [4.78, 5) is 22.9. The number of para-hydroxylation sites is 1. The van der Waals surface area contributed by atoms with Crippen molar-refractivity contribution in [3.05, 3.63) is 69.0 Å². The Hall–Kier alpha value is -2.79. The van der Waals surface area contributed by atoms with Crippen molar-refractivity contribution in [3.8, 4) is 11.5 Å². The summed E-state index contributed by atoms with van der Waals surface area (Å²) in [5.41, 5.74) is 0.895. The van der Waals surface area contributed by atoms with Crippen molar-refractivity contribution in [1.82, 2.24) is 0 Å².